The largest absolute Gasteiger partial charge is 0.369 e. The quantitative estimate of drug-likeness (QED) is 0.443. The van der Waals surface area contributed by atoms with Crippen molar-refractivity contribution in [3.63, 3.8) is 0 Å². The molecule has 0 saturated carbocycles. The smallest absolute Gasteiger partial charge is 0.269 e. The van der Waals surface area contributed by atoms with Gasteiger partial charge in [-0.25, -0.2) is 0 Å². The zero-order valence-electron chi connectivity index (χ0n) is 9.20. The van der Waals surface area contributed by atoms with Gasteiger partial charge in [-0.2, -0.15) is 0 Å². The van der Waals surface area contributed by atoms with Gasteiger partial charge in [0, 0.05) is 28.5 Å². The summed E-state index contributed by atoms with van der Waals surface area (Å²) in [6, 6.07) is 4.93. The van der Waals surface area contributed by atoms with Gasteiger partial charge in [0.25, 0.3) is 5.69 Å². The third kappa shape index (κ3) is 4.06. The lowest BCUT2D eigenvalue weighted by molar-refractivity contribution is -0.384. The van der Waals surface area contributed by atoms with E-state index in [2.05, 4.69) is 0 Å². The Morgan fingerprint density at radius 2 is 1.78 bits per heavy atom. The van der Waals surface area contributed by atoms with Crippen LogP contribution in [0.5, 0.6) is 0 Å². The number of non-ortho nitro benzene ring substituents is 1. The van der Waals surface area contributed by atoms with Crippen LogP contribution in [0.3, 0.4) is 0 Å². The van der Waals surface area contributed by atoms with Crippen molar-refractivity contribution < 1.29 is 18.7 Å². The van der Waals surface area contributed by atoms with E-state index in [1.165, 1.54) is 24.3 Å². The molecule has 1 amide bonds. The maximum Gasteiger partial charge on any atom is 0.269 e. The Hall–Kier alpha value is -2.09. The number of benzene rings is 1. The summed E-state index contributed by atoms with van der Waals surface area (Å²) in [6.07, 6.45) is 0. The Labute approximate surface area is 105 Å². The van der Waals surface area contributed by atoms with E-state index < -0.39 is 27.4 Å². The van der Waals surface area contributed by atoms with E-state index in [0.29, 0.717) is 0 Å². The molecule has 96 valence electrons. The van der Waals surface area contributed by atoms with Crippen LogP contribution in [0.4, 0.5) is 5.69 Å². The van der Waals surface area contributed by atoms with Gasteiger partial charge in [0.15, 0.2) is 5.78 Å². The number of nitrogens with zero attached hydrogens (tertiary/aromatic N) is 1. The van der Waals surface area contributed by atoms with Crippen LogP contribution in [0.2, 0.25) is 0 Å². The van der Waals surface area contributed by atoms with Crippen LogP contribution in [0.1, 0.15) is 10.4 Å². The topological polar surface area (TPSA) is 120 Å². The molecule has 2 N–H and O–H groups in total. The average Bonchev–Trinajstić information content (AvgIpc) is 2.27. The van der Waals surface area contributed by atoms with Gasteiger partial charge in [-0.15, -0.1) is 0 Å². The fourth-order valence-corrected chi connectivity index (χ4v) is 2.09. The summed E-state index contributed by atoms with van der Waals surface area (Å²) < 4.78 is 11.3. The maximum absolute atomic E-state index is 11.6. The van der Waals surface area contributed by atoms with Crippen LogP contribution in [0.15, 0.2) is 24.3 Å². The molecule has 0 aliphatic carbocycles. The summed E-state index contributed by atoms with van der Waals surface area (Å²) in [4.78, 5) is 31.9. The molecule has 1 aromatic rings. The van der Waals surface area contributed by atoms with E-state index in [-0.39, 0.29) is 22.8 Å². The average molecular weight is 270 g/mol. The third-order valence-corrected chi connectivity index (χ3v) is 3.19. The number of nitro benzene ring substituents is 1. The molecule has 0 aromatic heterocycles. The van der Waals surface area contributed by atoms with Crippen molar-refractivity contribution in [2.24, 2.45) is 5.73 Å². The standard InChI is InChI=1S/C10H10N2O5S/c11-10(14)6-18(17)5-9(13)7-1-3-8(4-2-7)12(15)16/h1-4H,5-6H2,(H2,11,14). The Balaban J connectivity index is 2.70. The molecular formula is C10H10N2O5S. The number of carbonyl (C=O) groups is 2. The Morgan fingerprint density at radius 3 is 2.22 bits per heavy atom. The van der Waals surface area contributed by atoms with Gasteiger partial charge in [0.05, 0.1) is 10.7 Å². The molecule has 0 radical (unpaired) electrons. The van der Waals surface area contributed by atoms with E-state index in [4.69, 9.17) is 5.73 Å². The van der Waals surface area contributed by atoms with E-state index >= 15 is 0 Å². The van der Waals surface area contributed by atoms with E-state index in [9.17, 15) is 23.9 Å². The first-order chi connectivity index (χ1) is 8.40. The van der Waals surface area contributed by atoms with Crippen molar-refractivity contribution in [3.05, 3.63) is 39.9 Å². The number of nitro groups is 1. The van der Waals surface area contributed by atoms with E-state index in [1.807, 2.05) is 0 Å². The second-order valence-electron chi connectivity index (χ2n) is 3.42. The van der Waals surface area contributed by atoms with E-state index in [0.717, 1.165) is 0 Å². The van der Waals surface area contributed by atoms with Gasteiger partial charge < -0.3 is 5.73 Å². The van der Waals surface area contributed by atoms with Crippen LogP contribution in [0, 0.1) is 10.1 Å². The minimum atomic E-state index is -1.65. The van der Waals surface area contributed by atoms with Crippen molar-refractivity contribution >= 4 is 28.2 Å². The lowest BCUT2D eigenvalue weighted by atomic mass is 10.1. The highest BCUT2D eigenvalue weighted by Gasteiger charge is 2.13. The van der Waals surface area contributed by atoms with Gasteiger partial charge in [0.2, 0.25) is 5.91 Å². The molecule has 0 aliphatic heterocycles. The number of hydrogen-bond donors (Lipinski definition) is 1. The summed E-state index contributed by atoms with van der Waals surface area (Å²) in [5, 5.41) is 10.4. The number of primary amides is 1. The third-order valence-electron chi connectivity index (χ3n) is 2.00. The molecule has 1 rings (SSSR count). The summed E-state index contributed by atoms with van der Waals surface area (Å²) in [5.74, 6) is -1.91. The molecule has 1 aromatic carbocycles. The van der Waals surface area contributed by atoms with Crippen molar-refractivity contribution in [2.45, 2.75) is 0 Å². The number of amides is 1. The molecule has 0 fully saturated rings. The number of rotatable bonds is 6. The second kappa shape index (κ2) is 6.01. The highest BCUT2D eigenvalue weighted by atomic mass is 32.2. The van der Waals surface area contributed by atoms with Gasteiger partial charge in [0.1, 0.15) is 5.75 Å². The molecular weight excluding hydrogens is 260 g/mol. The van der Waals surface area contributed by atoms with Gasteiger partial charge in [-0.1, -0.05) is 0 Å². The summed E-state index contributed by atoms with van der Waals surface area (Å²) in [7, 11) is -1.65. The molecule has 8 heteroatoms. The fourth-order valence-electron chi connectivity index (χ4n) is 1.21. The molecule has 7 nitrogen and oxygen atoms in total. The Bertz CT molecular complexity index is 512. The molecule has 0 spiro atoms. The number of Topliss-reactive ketones (excluding diaryl/α,β-unsaturated/α-hetero) is 1. The van der Waals surface area contributed by atoms with E-state index in [1.54, 1.807) is 0 Å². The minimum Gasteiger partial charge on any atom is -0.369 e. The van der Waals surface area contributed by atoms with Gasteiger partial charge >= 0.3 is 0 Å². The highest BCUT2D eigenvalue weighted by molar-refractivity contribution is 7.86. The highest BCUT2D eigenvalue weighted by Crippen LogP contribution is 2.12. The van der Waals surface area contributed by atoms with Crippen molar-refractivity contribution in [1.29, 1.82) is 0 Å². The van der Waals surface area contributed by atoms with Crippen molar-refractivity contribution in [2.75, 3.05) is 11.5 Å². The lowest BCUT2D eigenvalue weighted by Gasteiger charge is -2.00. The van der Waals surface area contributed by atoms with Gasteiger partial charge in [-0.3, -0.25) is 23.9 Å². The normalized spacial score (nSPS) is 11.8. The first-order valence-electron chi connectivity index (χ1n) is 4.81. The molecule has 0 aliphatic rings. The van der Waals surface area contributed by atoms with Crippen LogP contribution in [0.25, 0.3) is 0 Å². The maximum atomic E-state index is 11.6. The number of ketones is 1. The van der Waals surface area contributed by atoms with Gasteiger partial charge in [-0.05, 0) is 12.1 Å². The predicted molar refractivity (Wildman–Crippen MR) is 64.5 cm³/mol. The van der Waals surface area contributed by atoms with Crippen LogP contribution in [-0.2, 0) is 15.6 Å². The number of carbonyl (C=O) groups excluding carboxylic acids is 2. The molecule has 0 saturated heterocycles. The first-order valence-corrected chi connectivity index (χ1v) is 6.30. The first kappa shape index (κ1) is 14.0. The number of nitrogens with two attached hydrogens (primary N) is 1. The predicted octanol–water partition coefficient (Wildman–Crippen LogP) is 0.0115. The SMILES string of the molecule is NC(=O)CS(=O)CC(=O)c1ccc([N+](=O)[O-])cc1. The molecule has 1 unspecified atom stereocenters. The van der Waals surface area contributed by atoms with Crippen molar-refractivity contribution in [1.82, 2.24) is 0 Å². The summed E-state index contributed by atoms with van der Waals surface area (Å²) in [6.45, 7) is 0. The fraction of sp³-hybridized carbons (Fsp3) is 0.200. The zero-order valence-corrected chi connectivity index (χ0v) is 10.0. The Kier molecular flexibility index (Phi) is 4.67. The summed E-state index contributed by atoms with van der Waals surface area (Å²) >= 11 is 0. The Morgan fingerprint density at radius 1 is 1.22 bits per heavy atom. The molecule has 1 atom stereocenters. The van der Waals surface area contributed by atoms with Crippen LogP contribution >= 0.6 is 0 Å². The monoisotopic (exact) mass is 270 g/mol. The molecule has 0 heterocycles. The summed E-state index contributed by atoms with van der Waals surface area (Å²) in [5.41, 5.74) is 4.92. The zero-order chi connectivity index (χ0) is 13.7. The van der Waals surface area contributed by atoms with Crippen molar-refractivity contribution in [3.8, 4) is 0 Å². The molecule has 0 bridgehead atoms. The van der Waals surface area contributed by atoms with Crippen LogP contribution in [-0.4, -0.2) is 32.3 Å². The number of hydrogen-bond acceptors (Lipinski definition) is 5. The minimum absolute atomic E-state index is 0.134. The van der Waals surface area contributed by atoms with Crippen LogP contribution < -0.4 is 5.73 Å². The lowest BCUT2D eigenvalue weighted by Crippen LogP contribution is -2.23. The second-order valence-corrected chi connectivity index (χ2v) is 4.88. The molecule has 18 heavy (non-hydrogen) atoms.